The van der Waals surface area contributed by atoms with Gasteiger partial charge in [-0.25, -0.2) is 5.43 Å². The van der Waals surface area contributed by atoms with E-state index in [0.717, 1.165) is 0 Å². The second-order valence-electron chi connectivity index (χ2n) is 5.75. The maximum absolute atomic E-state index is 12.1. The summed E-state index contributed by atoms with van der Waals surface area (Å²) in [6.45, 7) is -0.224. The molecule has 10 heteroatoms. The second kappa shape index (κ2) is 11.1. The van der Waals surface area contributed by atoms with Gasteiger partial charge in [0.25, 0.3) is 5.91 Å². The summed E-state index contributed by atoms with van der Waals surface area (Å²) in [5, 5.41) is 8.59. The molecule has 2 aromatic carbocycles. The van der Waals surface area contributed by atoms with Gasteiger partial charge in [0.15, 0.2) is 18.1 Å². The van der Waals surface area contributed by atoms with Crippen LogP contribution in [0, 0.1) is 0 Å². The zero-order valence-electron chi connectivity index (χ0n) is 16.7. The predicted octanol–water partition coefficient (Wildman–Crippen LogP) is 0.917. The monoisotopic (exact) mass is 414 g/mol. The molecule has 0 spiro atoms. The van der Waals surface area contributed by atoms with Crippen molar-refractivity contribution in [2.24, 2.45) is 5.10 Å². The molecule has 3 amide bonds. The van der Waals surface area contributed by atoms with Crippen LogP contribution >= 0.6 is 0 Å². The highest BCUT2D eigenvalue weighted by molar-refractivity contribution is 6.35. The second-order valence-corrected chi connectivity index (χ2v) is 5.75. The van der Waals surface area contributed by atoms with Crippen molar-refractivity contribution >= 4 is 29.6 Å². The molecule has 10 nitrogen and oxygen atoms in total. The molecule has 2 aromatic rings. The number of anilines is 1. The quantitative estimate of drug-likeness (QED) is 0.335. The van der Waals surface area contributed by atoms with Crippen molar-refractivity contribution in [1.82, 2.24) is 10.7 Å². The molecule has 0 aliphatic carbocycles. The summed E-state index contributed by atoms with van der Waals surface area (Å²) in [6, 6.07) is 11.7. The lowest BCUT2D eigenvalue weighted by Crippen LogP contribution is -2.35. The van der Waals surface area contributed by atoms with Crippen LogP contribution in [-0.2, 0) is 14.4 Å². The van der Waals surface area contributed by atoms with E-state index in [0.29, 0.717) is 28.5 Å². The number of nitrogens with one attached hydrogen (secondary N) is 3. The van der Waals surface area contributed by atoms with Crippen molar-refractivity contribution in [3.63, 3.8) is 0 Å². The van der Waals surface area contributed by atoms with Crippen LogP contribution in [0.5, 0.6) is 17.2 Å². The molecule has 0 saturated carbocycles. The minimum absolute atomic E-state index is 0.224. The van der Waals surface area contributed by atoms with Gasteiger partial charge in [-0.15, -0.1) is 0 Å². The van der Waals surface area contributed by atoms with Gasteiger partial charge in [0, 0.05) is 12.7 Å². The number of nitrogens with zero attached hydrogens (tertiary/aromatic N) is 1. The number of hydrogen-bond acceptors (Lipinski definition) is 7. The molecule has 0 bridgehead atoms. The van der Waals surface area contributed by atoms with Crippen molar-refractivity contribution in [2.75, 3.05) is 33.2 Å². The lowest BCUT2D eigenvalue weighted by atomic mass is 10.2. The van der Waals surface area contributed by atoms with Crippen LogP contribution in [0.25, 0.3) is 0 Å². The van der Waals surface area contributed by atoms with Gasteiger partial charge < -0.3 is 24.8 Å². The number of hydrazone groups is 1. The summed E-state index contributed by atoms with van der Waals surface area (Å²) in [5.74, 6) is -0.622. The van der Waals surface area contributed by atoms with Crippen LogP contribution < -0.4 is 30.3 Å². The summed E-state index contributed by atoms with van der Waals surface area (Å²) in [6.07, 6.45) is 1.34. The SMILES string of the molecule is CNC(=O)C(=O)N/N=C\c1ccc(OCC(=O)Nc2ccc(OC)cc2)c(OC)c1. The molecule has 0 radical (unpaired) electrons. The van der Waals surface area contributed by atoms with Gasteiger partial charge in [0.2, 0.25) is 0 Å². The Balaban J connectivity index is 1.93. The van der Waals surface area contributed by atoms with Crippen LogP contribution in [0.3, 0.4) is 0 Å². The van der Waals surface area contributed by atoms with Crippen molar-refractivity contribution in [1.29, 1.82) is 0 Å². The number of ether oxygens (including phenoxy) is 3. The molecule has 0 heterocycles. The maximum Gasteiger partial charge on any atom is 0.329 e. The standard InChI is InChI=1S/C20H22N4O6/c1-21-19(26)20(27)24-22-11-13-4-9-16(17(10-13)29-3)30-12-18(25)23-14-5-7-15(28-2)8-6-14/h4-11H,12H2,1-3H3,(H,21,26)(H,23,25)(H,24,27)/b22-11-. The fraction of sp³-hybridized carbons (Fsp3) is 0.200. The fourth-order valence-corrected chi connectivity index (χ4v) is 2.23. The fourth-order valence-electron chi connectivity index (χ4n) is 2.23. The normalized spacial score (nSPS) is 10.2. The Bertz CT molecular complexity index is 927. The Morgan fingerprint density at radius 3 is 2.33 bits per heavy atom. The molecular weight excluding hydrogens is 392 g/mol. The van der Waals surface area contributed by atoms with Gasteiger partial charge in [-0.2, -0.15) is 5.10 Å². The lowest BCUT2D eigenvalue weighted by molar-refractivity contribution is -0.138. The average molecular weight is 414 g/mol. The lowest BCUT2D eigenvalue weighted by Gasteiger charge is -2.11. The molecule has 0 aromatic heterocycles. The van der Waals surface area contributed by atoms with Crippen molar-refractivity contribution < 1.29 is 28.6 Å². The first-order valence-corrected chi connectivity index (χ1v) is 8.76. The van der Waals surface area contributed by atoms with E-state index in [4.69, 9.17) is 14.2 Å². The molecular formula is C20H22N4O6. The number of likely N-dealkylation sites (N-methyl/N-ethyl adjacent to an activating group) is 1. The third kappa shape index (κ3) is 6.51. The van der Waals surface area contributed by atoms with Crippen LogP contribution in [0.15, 0.2) is 47.6 Å². The van der Waals surface area contributed by atoms with E-state index in [1.807, 2.05) is 0 Å². The van der Waals surface area contributed by atoms with E-state index in [9.17, 15) is 14.4 Å². The van der Waals surface area contributed by atoms with Gasteiger partial charge in [0.1, 0.15) is 5.75 Å². The average Bonchev–Trinajstić information content (AvgIpc) is 2.77. The van der Waals surface area contributed by atoms with Crippen LogP contribution in [-0.4, -0.2) is 51.8 Å². The molecule has 2 rings (SSSR count). The molecule has 158 valence electrons. The summed E-state index contributed by atoms with van der Waals surface area (Å²) < 4.78 is 15.9. The predicted molar refractivity (Wildman–Crippen MR) is 110 cm³/mol. The Morgan fingerprint density at radius 2 is 1.70 bits per heavy atom. The zero-order valence-corrected chi connectivity index (χ0v) is 16.7. The third-order valence-corrected chi connectivity index (χ3v) is 3.73. The Labute approximate surface area is 173 Å². The van der Waals surface area contributed by atoms with Crippen molar-refractivity contribution in [3.8, 4) is 17.2 Å². The van der Waals surface area contributed by atoms with Crippen molar-refractivity contribution in [2.45, 2.75) is 0 Å². The van der Waals surface area contributed by atoms with E-state index in [2.05, 4.69) is 21.2 Å². The zero-order chi connectivity index (χ0) is 21.9. The van der Waals surface area contributed by atoms with E-state index < -0.39 is 11.8 Å². The van der Waals surface area contributed by atoms with Gasteiger partial charge in [-0.1, -0.05) is 0 Å². The number of amides is 3. The highest BCUT2D eigenvalue weighted by atomic mass is 16.5. The molecule has 0 unspecified atom stereocenters. The number of benzene rings is 2. The molecule has 0 aliphatic rings. The van der Waals surface area contributed by atoms with Gasteiger partial charge >= 0.3 is 11.8 Å². The highest BCUT2D eigenvalue weighted by Gasteiger charge is 2.10. The van der Waals surface area contributed by atoms with Crippen LogP contribution in [0.2, 0.25) is 0 Å². The largest absolute Gasteiger partial charge is 0.497 e. The van der Waals surface area contributed by atoms with E-state index in [1.165, 1.54) is 20.4 Å². The molecule has 0 saturated heterocycles. The number of carbonyl (C=O) groups excluding carboxylic acids is 3. The molecule has 0 fully saturated rings. The van der Waals surface area contributed by atoms with Crippen molar-refractivity contribution in [3.05, 3.63) is 48.0 Å². The van der Waals surface area contributed by atoms with E-state index >= 15 is 0 Å². The Kier molecular flexibility index (Phi) is 8.18. The first-order valence-electron chi connectivity index (χ1n) is 8.76. The molecule has 0 atom stereocenters. The first kappa shape index (κ1) is 22.2. The summed E-state index contributed by atoms with van der Waals surface area (Å²) in [5.41, 5.74) is 3.29. The maximum atomic E-state index is 12.1. The Morgan fingerprint density at radius 1 is 0.967 bits per heavy atom. The molecule has 30 heavy (non-hydrogen) atoms. The van der Waals surface area contributed by atoms with E-state index in [-0.39, 0.29) is 12.5 Å². The number of carbonyl (C=O) groups is 3. The van der Waals surface area contributed by atoms with Gasteiger partial charge in [-0.3, -0.25) is 14.4 Å². The van der Waals surface area contributed by atoms with Crippen LogP contribution in [0.4, 0.5) is 5.69 Å². The first-order chi connectivity index (χ1) is 14.5. The minimum Gasteiger partial charge on any atom is -0.497 e. The molecule has 0 aliphatic heterocycles. The number of methoxy groups -OCH3 is 2. The Hall–Kier alpha value is -4.08. The smallest absolute Gasteiger partial charge is 0.329 e. The summed E-state index contributed by atoms with van der Waals surface area (Å²) in [4.78, 5) is 34.5. The number of hydrogen-bond donors (Lipinski definition) is 3. The molecule has 3 N–H and O–H groups in total. The van der Waals surface area contributed by atoms with Crippen LogP contribution in [0.1, 0.15) is 5.56 Å². The number of rotatable bonds is 8. The van der Waals surface area contributed by atoms with E-state index in [1.54, 1.807) is 49.6 Å². The van der Waals surface area contributed by atoms with Gasteiger partial charge in [0.05, 0.1) is 20.4 Å². The highest BCUT2D eigenvalue weighted by Crippen LogP contribution is 2.27. The topological polar surface area (TPSA) is 127 Å². The summed E-state index contributed by atoms with van der Waals surface area (Å²) in [7, 11) is 4.35. The third-order valence-electron chi connectivity index (χ3n) is 3.73. The summed E-state index contributed by atoms with van der Waals surface area (Å²) >= 11 is 0. The van der Waals surface area contributed by atoms with Gasteiger partial charge in [-0.05, 0) is 48.0 Å². The minimum atomic E-state index is -0.886.